The molecule has 0 aromatic carbocycles. The third-order valence-corrected chi connectivity index (χ3v) is 3.02. The van der Waals surface area contributed by atoms with Gasteiger partial charge < -0.3 is 9.84 Å². The van der Waals surface area contributed by atoms with Crippen LogP contribution in [0.15, 0.2) is 4.52 Å². The van der Waals surface area contributed by atoms with Gasteiger partial charge in [-0.15, -0.1) is 0 Å². The molecule has 15 heavy (non-hydrogen) atoms. The Kier molecular flexibility index (Phi) is 2.74. The molecule has 0 unspecified atom stereocenters. The number of nitrogens with one attached hydrogen (secondary N) is 1. The molecule has 0 saturated carbocycles. The SMILES string of the molecule is CS(=O)(=O)Cc1noc([C@@H]2CCCN2)n1. The highest BCUT2D eigenvalue weighted by Gasteiger charge is 2.23. The van der Waals surface area contributed by atoms with Crippen molar-refractivity contribution < 1.29 is 12.9 Å². The molecule has 7 heteroatoms. The molecular weight excluding hydrogens is 218 g/mol. The Morgan fingerprint density at radius 2 is 2.40 bits per heavy atom. The van der Waals surface area contributed by atoms with E-state index in [-0.39, 0.29) is 17.6 Å². The van der Waals surface area contributed by atoms with Gasteiger partial charge in [-0.25, -0.2) is 8.42 Å². The molecule has 2 rings (SSSR count). The third kappa shape index (κ3) is 2.75. The normalized spacial score (nSPS) is 22.1. The van der Waals surface area contributed by atoms with Crippen molar-refractivity contribution in [1.82, 2.24) is 15.5 Å². The first-order valence-corrected chi connectivity index (χ1v) is 6.84. The van der Waals surface area contributed by atoms with Crippen LogP contribution in [-0.4, -0.2) is 31.4 Å². The zero-order valence-corrected chi connectivity index (χ0v) is 9.25. The lowest BCUT2D eigenvalue weighted by Gasteiger charge is -2.01. The highest BCUT2D eigenvalue weighted by atomic mass is 32.2. The van der Waals surface area contributed by atoms with Gasteiger partial charge in [0.1, 0.15) is 5.75 Å². The van der Waals surface area contributed by atoms with Gasteiger partial charge in [-0.05, 0) is 19.4 Å². The zero-order valence-electron chi connectivity index (χ0n) is 8.43. The number of sulfone groups is 1. The van der Waals surface area contributed by atoms with Crippen LogP contribution in [0.2, 0.25) is 0 Å². The molecule has 1 N–H and O–H groups in total. The first-order chi connectivity index (χ1) is 7.04. The van der Waals surface area contributed by atoms with E-state index in [0.29, 0.717) is 5.89 Å². The fraction of sp³-hybridized carbons (Fsp3) is 0.750. The average Bonchev–Trinajstić information content (AvgIpc) is 2.68. The Balaban J connectivity index is 2.10. The molecule has 2 heterocycles. The molecule has 0 aliphatic carbocycles. The number of hydrogen-bond donors (Lipinski definition) is 1. The maximum absolute atomic E-state index is 11.0. The monoisotopic (exact) mass is 231 g/mol. The van der Waals surface area contributed by atoms with E-state index in [1.54, 1.807) is 0 Å². The van der Waals surface area contributed by atoms with Crippen molar-refractivity contribution in [3.05, 3.63) is 11.7 Å². The number of aromatic nitrogens is 2. The van der Waals surface area contributed by atoms with E-state index in [4.69, 9.17) is 4.52 Å². The largest absolute Gasteiger partial charge is 0.338 e. The van der Waals surface area contributed by atoms with Gasteiger partial charge in [0.2, 0.25) is 5.89 Å². The summed E-state index contributed by atoms with van der Waals surface area (Å²) in [6.07, 6.45) is 3.19. The molecule has 1 aromatic rings. The van der Waals surface area contributed by atoms with Gasteiger partial charge >= 0.3 is 0 Å². The summed E-state index contributed by atoms with van der Waals surface area (Å²) in [7, 11) is -3.09. The van der Waals surface area contributed by atoms with Crippen LogP contribution in [-0.2, 0) is 15.6 Å². The minimum atomic E-state index is -3.09. The number of rotatable bonds is 3. The van der Waals surface area contributed by atoms with Crippen LogP contribution in [0.1, 0.15) is 30.6 Å². The first kappa shape index (κ1) is 10.6. The lowest BCUT2D eigenvalue weighted by Crippen LogP contribution is -2.13. The lowest BCUT2D eigenvalue weighted by molar-refractivity contribution is 0.342. The van der Waals surface area contributed by atoms with Gasteiger partial charge in [-0.2, -0.15) is 4.98 Å². The van der Waals surface area contributed by atoms with Crippen molar-refractivity contribution in [2.75, 3.05) is 12.8 Å². The summed E-state index contributed by atoms with van der Waals surface area (Å²) in [4.78, 5) is 4.06. The molecular formula is C8H13N3O3S. The predicted octanol–water partition coefficient (Wildman–Crippen LogP) is 0.0387. The van der Waals surface area contributed by atoms with Crippen LogP contribution >= 0.6 is 0 Å². The quantitative estimate of drug-likeness (QED) is 0.790. The van der Waals surface area contributed by atoms with E-state index >= 15 is 0 Å². The van der Waals surface area contributed by atoms with Crippen molar-refractivity contribution in [2.24, 2.45) is 0 Å². The maximum Gasteiger partial charge on any atom is 0.243 e. The van der Waals surface area contributed by atoms with E-state index in [9.17, 15) is 8.42 Å². The Labute approximate surface area is 88.0 Å². The summed E-state index contributed by atoms with van der Waals surface area (Å²) in [5.41, 5.74) is 0. The summed E-state index contributed by atoms with van der Waals surface area (Å²) in [5, 5.41) is 6.84. The molecule has 0 amide bonds. The van der Waals surface area contributed by atoms with E-state index in [0.717, 1.165) is 25.6 Å². The van der Waals surface area contributed by atoms with Crippen LogP contribution in [0, 0.1) is 0 Å². The van der Waals surface area contributed by atoms with Gasteiger partial charge in [0.05, 0.1) is 6.04 Å². The Hall–Kier alpha value is -0.950. The Bertz CT molecular complexity index is 434. The standard InChI is InChI=1S/C8H13N3O3S/c1-15(12,13)5-7-10-8(14-11-7)6-3-2-4-9-6/h6,9H,2-5H2,1H3/t6-/m0/s1. The van der Waals surface area contributed by atoms with E-state index in [1.807, 2.05) is 0 Å². The molecule has 1 aliphatic heterocycles. The molecule has 1 fully saturated rings. The van der Waals surface area contributed by atoms with Crippen molar-refractivity contribution in [1.29, 1.82) is 0 Å². The average molecular weight is 231 g/mol. The zero-order chi connectivity index (χ0) is 10.9. The molecule has 0 bridgehead atoms. The van der Waals surface area contributed by atoms with Gasteiger partial charge in [-0.1, -0.05) is 5.16 Å². The first-order valence-electron chi connectivity index (χ1n) is 4.78. The number of nitrogens with zero attached hydrogens (tertiary/aromatic N) is 2. The van der Waals surface area contributed by atoms with Crippen molar-refractivity contribution in [2.45, 2.75) is 24.6 Å². The molecule has 0 radical (unpaired) electrons. The minimum absolute atomic E-state index is 0.0887. The maximum atomic E-state index is 11.0. The molecule has 0 spiro atoms. The lowest BCUT2D eigenvalue weighted by atomic mass is 10.2. The van der Waals surface area contributed by atoms with E-state index in [1.165, 1.54) is 0 Å². The van der Waals surface area contributed by atoms with Gasteiger partial charge in [-0.3, -0.25) is 0 Å². The smallest absolute Gasteiger partial charge is 0.243 e. The number of hydrogen-bond acceptors (Lipinski definition) is 6. The molecule has 84 valence electrons. The van der Waals surface area contributed by atoms with Crippen molar-refractivity contribution in [3.63, 3.8) is 0 Å². The Morgan fingerprint density at radius 1 is 1.60 bits per heavy atom. The van der Waals surface area contributed by atoms with E-state index < -0.39 is 9.84 Å². The minimum Gasteiger partial charge on any atom is -0.338 e. The second kappa shape index (κ2) is 3.90. The van der Waals surface area contributed by atoms with E-state index in [2.05, 4.69) is 15.5 Å². The van der Waals surface area contributed by atoms with Crippen LogP contribution in [0.4, 0.5) is 0 Å². The summed E-state index contributed by atoms with van der Waals surface area (Å²) in [6.45, 7) is 0.939. The predicted molar refractivity (Wildman–Crippen MR) is 52.8 cm³/mol. The second-order valence-electron chi connectivity index (χ2n) is 3.77. The topological polar surface area (TPSA) is 85.1 Å². The summed E-state index contributed by atoms with van der Waals surface area (Å²) in [5.74, 6) is 0.566. The summed E-state index contributed by atoms with van der Waals surface area (Å²) in [6, 6.07) is 0.0887. The Morgan fingerprint density at radius 3 is 3.00 bits per heavy atom. The van der Waals surface area contributed by atoms with Crippen LogP contribution in [0.5, 0.6) is 0 Å². The molecule has 1 atom stereocenters. The molecule has 1 aliphatic rings. The molecule has 1 saturated heterocycles. The molecule has 6 nitrogen and oxygen atoms in total. The van der Waals surface area contributed by atoms with Crippen molar-refractivity contribution >= 4 is 9.84 Å². The highest BCUT2D eigenvalue weighted by Crippen LogP contribution is 2.21. The highest BCUT2D eigenvalue weighted by molar-refractivity contribution is 7.89. The fourth-order valence-corrected chi connectivity index (χ4v) is 2.18. The third-order valence-electron chi connectivity index (χ3n) is 2.23. The fourth-order valence-electron chi connectivity index (χ4n) is 1.60. The van der Waals surface area contributed by atoms with Crippen LogP contribution < -0.4 is 5.32 Å². The van der Waals surface area contributed by atoms with Gasteiger partial charge in [0, 0.05) is 6.26 Å². The molecule has 1 aromatic heterocycles. The summed E-state index contributed by atoms with van der Waals surface area (Å²) < 4.78 is 27.0. The van der Waals surface area contributed by atoms with Gasteiger partial charge in [0.25, 0.3) is 0 Å². The van der Waals surface area contributed by atoms with Gasteiger partial charge in [0.15, 0.2) is 15.7 Å². The second-order valence-corrected chi connectivity index (χ2v) is 5.91. The van der Waals surface area contributed by atoms with Crippen molar-refractivity contribution in [3.8, 4) is 0 Å². The van der Waals surface area contributed by atoms with Crippen LogP contribution in [0.25, 0.3) is 0 Å². The summed E-state index contributed by atoms with van der Waals surface area (Å²) >= 11 is 0. The van der Waals surface area contributed by atoms with Crippen LogP contribution in [0.3, 0.4) is 0 Å².